The Labute approximate surface area is 139 Å². The van der Waals surface area contributed by atoms with Crippen LogP contribution in [0.4, 0.5) is 0 Å². The van der Waals surface area contributed by atoms with Crippen LogP contribution in [-0.2, 0) is 4.74 Å². The fraction of sp³-hybridized carbons (Fsp3) is 0.250. The van der Waals surface area contributed by atoms with Crippen molar-refractivity contribution in [2.24, 2.45) is 5.73 Å². The number of methoxy groups -OCH3 is 1. The monoisotopic (exact) mass is 332 g/mol. The standard InChI is InChI=1S/C16H20N4O2S/c1-4-13(6-5-12(2)17)23-16-7-8-18-14-11-15(19-20(14)16)22-10-9-21-3/h4-8,11H,1,9-10,17H2,2-3H3/b12-5+,13-6+. The molecule has 0 fully saturated rings. The minimum atomic E-state index is 0.446. The maximum atomic E-state index is 5.66. The molecule has 0 unspecified atom stereocenters. The fourth-order valence-electron chi connectivity index (χ4n) is 1.71. The molecule has 0 aliphatic rings. The quantitative estimate of drug-likeness (QED) is 0.347. The second-order valence-electron chi connectivity index (χ2n) is 4.66. The van der Waals surface area contributed by atoms with E-state index in [0.29, 0.717) is 19.1 Å². The largest absolute Gasteiger partial charge is 0.474 e. The van der Waals surface area contributed by atoms with Crippen LogP contribution in [-0.4, -0.2) is 34.9 Å². The van der Waals surface area contributed by atoms with E-state index in [9.17, 15) is 0 Å². The van der Waals surface area contributed by atoms with Crippen molar-refractivity contribution in [2.75, 3.05) is 20.3 Å². The molecule has 122 valence electrons. The number of ether oxygens (including phenoxy) is 2. The van der Waals surface area contributed by atoms with Crippen LogP contribution in [0, 0.1) is 0 Å². The molecule has 0 aliphatic heterocycles. The molecule has 2 aromatic heterocycles. The van der Waals surface area contributed by atoms with Crippen LogP contribution < -0.4 is 10.5 Å². The third kappa shape index (κ3) is 4.87. The lowest BCUT2D eigenvalue weighted by Gasteiger charge is -2.04. The van der Waals surface area contributed by atoms with Crippen LogP contribution in [0.1, 0.15) is 6.92 Å². The molecule has 0 amide bonds. The van der Waals surface area contributed by atoms with E-state index < -0.39 is 0 Å². The van der Waals surface area contributed by atoms with Crippen molar-refractivity contribution >= 4 is 17.4 Å². The van der Waals surface area contributed by atoms with E-state index >= 15 is 0 Å². The van der Waals surface area contributed by atoms with Crippen molar-refractivity contribution in [2.45, 2.75) is 11.9 Å². The number of hydrogen-bond donors (Lipinski definition) is 1. The van der Waals surface area contributed by atoms with Crippen LogP contribution in [0.25, 0.3) is 5.65 Å². The Balaban J connectivity index is 2.24. The minimum absolute atomic E-state index is 0.446. The number of hydrogen-bond acceptors (Lipinski definition) is 6. The maximum absolute atomic E-state index is 5.66. The van der Waals surface area contributed by atoms with Gasteiger partial charge in [-0.3, -0.25) is 0 Å². The molecule has 0 aliphatic carbocycles. The summed E-state index contributed by atoms with van der Waals surface area (Å²) >= 11 is 1.52. The number of thioether (sulfide) groups is 1. The van der Waals surface area contributed by atoms with E-state index in [0.717, 1.165) is 21.3 Å². The Hall–Kier alpha value is -2.25. The molecule has 2 heterocycles. The van der Waals surface area contributed by atoms with Crippen molar-refractivity contribution in [3.8, 4) is 5.88 Å². The van der Waals surface area contributed by atoms with E-state index in [-0.39, 0.29) is 0 Å². The average molecular weight is 332 g/mol. The van der Waals surface area contributed by atoms with Gasteiger partial charge >= 0.3 is 0 Å². The number of allylic oxidation sites excluding steroid dienone is 4. The maximum Gasteiger partial charge on any atom is 0.235 e. The molecule has 6 nitrogen and oxygen atoms in total. The van der Waals surface area contributed by atoms with Gasteiger partial charge in [0.2, 0.25) is 5.88 Å². The van der Waals surface area contributed by atoms with E-state index in [1.54, 1.807) is 30.0 Å². The van der Waals surface area contributed by atoms with Crippen molar-refractivity contribution in [1.29, 1.82) is 0 Å². The smallest absolute Gasteiger partial charge is 0.235 e. The molecule has 7 heteroatoms. The molecule has 0 bridgehead atoms. The lowest BCUT2D eigenvalue weighted by atomic mass is 10.4. The molecule has 0 aromatic carbocycles. The van der Waals surface area contributed by atoms with Crippen LogP contribution in [0.5, 0.6) is 5.88 Å². The molecule has 2 aromatic rings. The lowest BCUT2D eigenvalue weighted by molar-refractivity contribution is 0.143. The zero-order valence-electron chi connectivity index (χ0n) is 13.2. The third-order valence-electron chi connectivity index (χ3n) is 2.77. The van der Waals surface area contributed by atoms with Gasteiger partial charge < -0.3 is 15.2 Å². The zero-order chi connectivity index (χ0) is 16.7. The van der Waals surface area contributed by atoms with E-state index in [4.69, 9.17) is 15.2 Å². The summed E-state index contributed by atoms with van der Waals surface area (Å²) < 4.78 is 12.2. The zero-order valence-corrected chi connectivity index (χ0v) is 14.0. The Morgan fingerprint density at radius 3 is 2.96 bits per heavy atom. The van der Waals surface area contributed by atoms with Gasteiger partial charge in [0.25, 0.3) is 0 Å². The topological polar surface area (TPSA) is 74.7 Å². The summed E-state index contributed by atoms with van der Waals surface area (Å²) in [5, 5.41) is 5.33. The van der Waals surface area contributed by atoms with Gasteiger partial charge in [-0.15, -0.1) is 5.10 Å². The Morgan fingerprint density at radius 2 is 2.26 bits per heavy atom. The normalized spacial score (nSPS) is 12.6. The van der Waals surface area contributed by atoms with E-state index in [2.05, 4.69) is 16.7 Å². The average Bonchev–Trinajstić information content (AvgIpc) is 2.95. The first-order valence-electron chi connectivity index (χ1n) is 7.05. The van der Waals surface area contributed by atoms with Crippen LogP contribution in [0.2, 0.25) is 0 Å². The number of nitrogens with zero attached hydrogens (tertiary/aromatic N) is 3. The summed E-state index contributed by atoms with van der Waals surface area (Å²) in [5.41, 5.74) is 7.11. The Morgan fingerprint density at radius 1 is 1.43 bits per heavy atom. The molecule has 0 atom stereocenters. The highest BCUT2D eigenvalue weighted by Crippen LogP contribution is 2.28. The predicted octanol–water partition coefficient (Wildman–Crippen LogP) is 2.78. The van der Waals surface area contributed by atoms with Crippen molar-refractivity contribution in [3.63, 3.8) is 0 Å². The molecule has 2 N–H and O–H groups in total. The summed E-state index contributed by atoms with van der Waals surface area (Å²) in [4.78, 5) is 5.25. The predicted molar refractivity (Wildman–Crippen MR) is 92.4 cm³/mol. The van der Waals surface area contributed by atoms with Crippen LogP contribution >= 0.6 is 11.8 Å². The van der Waals surface area contributed by atoms with Crippen LogP contribution in [0.15, 0.2) is 58.8 Å². The van der Waals surface area contributed by atoms with Crippen molar-refractivity contribution < 1.29 is 9.47 Å². The summed E-state index contributed by atoms with van der Waals surface area (Å²) in [7, 11) is 1.63. The van der Waals surface area contributed by atoms with Gasteiger partial charge in [0.1, 0.15) is 11.6 Å². The molecule has 0 radical (unpaired) electrons. The van der Waals surface area contributed by atoms with Crippen molar-refractivity contribution in [1.82, 2.24) is 14.6 Å². The van der Waals surface area contributed by atoms with Gasteiger partial charge in [-0.25, -0.2) is 9.50 Å². The molecule has 0 spiro atoms. The number of aromatic nitrogens is 3. The molecular formula is C16H20N4O2S. The van der Waals surface area contributed by atoms with Gasteiger partial charge in [-0.1, -0.05) is 24.4 Å². The van der Waals surface area contributed by atoms with Crippen LogP contribution in [0.3, 0.4) is 0 Å². The Bertz CT molecular complexity index is 733. The van der Waals surface area contributed by atoms with Gasteiger partial charge in [0, 0.05) is 30.0 Å². The molecular weight excluding hydrogens is 312 g/mol. The SMILES string of the molecule is C=C/C(=C\C=C(/C)N)Sc1ccnc2cc(OCCOC)nn12. The first kappa shape index (κ1) is 17.1. The van der Waals surface area contributed by atoms with Crippen molar-refractivity contribution in [3.05, 3.63) is 53.7 Å². The van der Waals surface area contributed by atoms with Gasteiger partial charge in [-0.05, 0) is 25.1 Å². The number of rotatable bonds is 8. The highest BCUT2D eigenvalue weighted by Gasteiger charge is 2.09. The summed E-state index contributed by atoms with van der Waals surface area (Å²) in [5.74, 6) is 0.518. The van der Waals surface area contributed by atoms with E-state index in [1.165, 1.54) is 11.8 Å². The number of nitrogens with two attached hydrogens (primary N) is 1. The minimum Gasteiger partial charge on any atom is -0.474 e. The second-order valence-corrected chi connectivity index (χ2v) is 5.76. The molecule has 0 saturated heterocycles. The first-order valence-corrected chi connectivity index (χ1v) is 7.86. The molecule has 23 heavy (non-hydrogen) atoms. The fourth-order valence-corrected chi connectivity index (χ4v) is 2.52. The Kier molecular flexibility index (Phi) is 6.25. The van der Waals surface area contributed by atoms with E-state index in [1.807, 2.05) is 25.1 Å². The highest BCUT2D eigenvalue weighted by atomic mass is 32.2. The lowest BCUT2D eigenvalue weighted by Crippen LogP contribution is -2.04. The summed E-state index contributed by atoms with van der Waals surface area (Å²) in [6.45, 7) is 6.62. The van der Waals surface area contributed by atoms with Gasteiger partial charge in [0.15, 0.2) is 5.65 Å². The molecule has 2 rings (SSSR count). The first-order chi connectivity index (χ1) is 11.1. The summed E-state index contributed by atoms with van der Waals surface area (Å²) in [6, 6.07) is 3.68. The third-order valence-corrected chi connectivity index (χ3v) is 3.83. The highest BCUT2D eigenvalue weighted by molar-refractivity contribution is 8.03. The second kappa shape index (κ2) is 8.40. The van der Waals surface area contributed by atoms with Gasteiger partial charge in [-0.2, -0.15) is 0 Å². The van der Waals surface area contributed by atoms with Gasteiger partial charge in [0.05, 0.1) is 6.61 Å². The summed E-state index contributed by atoms with van der Waals surface area (Å²) in [6.07, 6.45) is 7.27. The molecule has 0 saturated carbocycles. The number of fused-ring (bicyclic) bond motifs is 1.